The van der Waals surface area contributed by atoms with E-state index in [-0.39, 0.29) is 45.8 Å². The van der Waals surface area contributed by atoms with Crippen LogP contribution in [0.4, 0.5) is 17.1 Å². The van der Waals surface area contributed by atoms with Crippen LogP contribution < -0.4 is 16.0 Å². The quantitative estimate of drug-likeness (QED) is 0.115. The summed E-state index contributed by atoms with van der Waals surface area (Å²) in [7, 11) is 0. The van der Waals surface area contributed by atoms with Crippen LogP contribution in [0.5, 0.6) is 5.75 Å². The number of hydrogen-bond donors (Lipinski definition) is 5. The molecule has 1 amide bonds. The summed E-state index contributed by atoms with van der Waals surface area (Å²) in [5, 5.41) is 32.3. The van der Waals surface area contributed by atoms with Crippen LogP contribution in [0.25, 0.3) is 0 Å². The highest BCUT2D eigenvalue weighted by Gasteiger charge is 2.79. The molecule has 0 spiro atoms. The van der Waals surface area contributed by atoms with Crippen molar-refractivity contribution in [3.63, 3.8) is 0 Å². The number of benzene rings is 3. The van der Waals surface area contributed by atoms with Gasteiger partial charge in [-0.05, 0) is 86.9 Å². The minimum Gasteiger partial charge on any atom is -0.507 e. The number of carbonyl (C=O) groups is 3. The standard InChI is InChI=1S/C38H33N3O6/c1-20(2)19-37-29-9-7-5-6-8-10-30(43)38(37,47-37)27-18-28(42)31-32(33(27)41-29)34(44)25-16-15-24(17-26(25)35(31)45)40-36(46)22-11-13-23(14-12-22)39-21(3)4/h5-6,11-18,20-21,29-30,39,41-43H,19H2,1-4H3,(H,40,46)/b6-5-/t29-,30+,37-,38-/m0/s1. The molecule has 0 saturated carbocycles. The van der Waals surface area contributed by atoms with Crippen LogP contribution >= 0.6 is 0 Å². The monoisotopic (exact) mass is 627 g/mol. The maximum absolute atomic E-state index is 14.2. The smallest absolute Gasteiger partial charge is 0.255 e. The number of epoxide rings is 1. The first-order chi connectivity index (χ1) is 22.5. The van der Waals surface area contributed by atoms with Crippen molar-refractivity contribution in [2.45, 2.75) is 63.5 Å². The van der Waals surface area contributed by atoms with E-state index in [1.807, 2.05) is 39.8 Å². The zero-order chi connectivity index (χ0) is 33.2. The molecule has 1 saturated heterocycles. The third-order valence-electron chi connectivity index (χ3n) is 9.01. The molecule has 9 heteroatoms. The first kappa shape index (κ1) is 30.3. The highest BCUT2D eigenvalue weighted by Crippen LogP contribution is 2.68. The predicted octanol–water partition coefficient (Wildman–Crippen LogP) is 4.98. The lowest BCUT2D eigenvalue weighted by molar-refractivity contribution is 0.0975. The van der Waals surface area contributed by atoms with Crippen molar-refractivity contribution in [2.75, 3.05) is 16.0 Å². The van der Waals surface area contributed by atoms with Crippen molar-refractivity contribution in [1.82, 2.24) is 0 Å². The van der Waals surface area contributed by atoms with Gasteiger partial charge in [-0.25, -0.2) is 0 Å². The Bertz CT molecular complexity index is 2040. The molecule has 5 N–H and O–H groups in total. The Morgan fingerprint density at radius 2 is 1.62 bits per heavy atom. The maximum atomic E-state index is 14.2. The molecule has 4 aliphatic rings. The maximum Gasteiger partial charge on any atom is 0.255 e. The number of phenols is 1. The molecule has 236 valence electrons. The molecule has 0 unspecified atom stereocenters. The van der Waals surface area contributed by atoms with Gasteiger partial charge >= 0.3 is 0 Å². The van der Waals surface area contributed by atoms with Gasteiger partial charge in [-0.3, -0.25) is 14.4 Å². The van der Waals surface area contributed by atoms with E-state index in [0.29, 0.717) is 23.2 Å². The molecule has 0 radical (unpaired) electrons. The summed E-state index contributed by atoms with van der Waals surface area (Å²) in [6, 6.07) is 12.5. The zero-order valence-electron chi connectivity index (χ0n) is 26.3. The van der Waals surface area contributed by atoms with Crippen molar-refractivity contribution in [2.24, 2.45) is 5.92 Å². The molecule has 4 atom stereocenters. The van der Waals surface area contributed by atoms with Crippen LogP contribution in [-0.4, -0.2) is 51.5 Å². The van der Waals surface area contributed by atoms with Crippen molar-refractivity contribution in [3.8, 4) is 29.4 Å². The first-order valence-corrected chi connectivity index (χ1v) is 15.6. The largest absolute Gasteiger partial charge is 0.507 e. The Balaban J connectivity index is 1.28. The number of aliphatic hydroxyl groups excluding tert-OH is 1. The van der Waals surface area contributed by atoms with Crippen LogP contribution in [0.15, 0.2) is 60.7 Å². The van der Waals surface area contributed by atoms with E-state index in [2.05, 4.69) is 39.6 Å². The number of ether oxygens (including phenoxy) is 1. The van der Waals surface area contributed by atoms with Gasteiger partial charge in [-0.1, -0.05) is 37.5 Å². The number of nitrogens with one attached hydrogen (secondary N) is 3. The van der Waals surface area contributed by atoms with E-state index in [4.69, 9.17) is 4.74 Å². The van der Waals surface area contributed by atoms with E-state index in [9.17, 15) is 24.6 Å². The summed E-state index contributed by atoms with van der Waals surface area (Å²) in [4.78, 5) is 41.3. The average molecular weight is 628 g/mol. The topological polar surface area (TPSA) is 140 Å². The Morgan fingerprint density at radius 3 is 2.32 bits per heavy atom. The second kappa shape index (κ2) is 10.9. The number of aromatic hydroxyl groups is 1. The van der Waals surface area contributed by atoms with E-state index in [1.165, 1.54) is 18.2 Å². The second-order valence-electron chi connectivity index (χ2n) is 13.0. The number of ketones is 2. The van der Waals surface area contributed by atoms with Crippen LogP contribution in [0.3, 0.4) is 0 Å². The zero-order valence-corrected chi connectivity index (χ0v) is 26.3. The highest BCUT2D eigenvalue weighted by molar-refractivity contribution is 6.31. The van der Waals surface area contributed by atoms with Crippen molar-refractivity contribution < 1.29 is 29.3 Å². The van der Waals surface area contributed by atoms with E-state index in [1.54, 1.807) is 30.4 Å². The van der Waals surface area contributed by atoms with E-state index >= 15 is 0 Å². The molecular formula is C38H33N3O6. The number of amides is 1. The normalized spacial score (nSPS) is 25.0. The van der Waals surface area contributed by atoms with Crippen molar-refractivity contribution in [3.05, 3.63) is 94.1 Å². The van der Waals surface area contributed by atoms with Gasteiger partial charge in [-0.2, -0.15) is 0 Å². The Labute approximate surface area is 272 Å². The highest BCUT2D eigenvalue weighted by atomic mass is 16.6. The summed E-state index contributed by atoms with van der Waals surface area (Å²) >= 11 is 0. The fourth-order valence-corrected chi connectivity index (χ4v) is 7.13. The number of rotatable bonds is 6. The van der Waals surface area contributed by atoms with Crippen LogP contribution in [0.2, 0.25) is 0 Å². The van der Waals surface area contributed by atoms with Crippen LogP contribution in [0.1, 0.15) is 81.9 Å². The third-order valence-corrected chi connectivity index (χ3v) is 9.01. The molecule has 7 rings (SSSR count). The van der Waals surface area contributed by atoms with Gasteiger partial charge in [0.15, 0.2) is 23.3 Å². The second-order valence-corrected chi connectivity index (χ2v) is 13.0. The number of carbonyl (C=O) groups excluding carboxylic acids is 3. The Morgan fingerprint density at radius 1 is 0.936 bits per heavy atom. The number of allylic oxidation sites excluding steroid dienone is 2. The fraction of sp³-hybridized carbons (Fsp3) is 0.289. The molecule has 2 heterocycles. The number of fused-ring (bicyclic) bond motifs is 4. The van der Waals surface area contributed by atoms with E-state index in [0.717, 1.165) is 5.69 Å². The number of hydrogen-bond acceptors (Lipinski definition) is 8. The van der Waals surface area contributed by atoms with Gasteiger partial charge in [0.05, 0.1) is 16.8 Å². The lowest BCUT2D eigenvalue weighted by Crippen LogP contribution is -2.50. The molecular weight excluding hydrogens is 594 g/mol. The lowest BCUT2D eigenvalue weighted by atomic mass is 9.69. The number of anilines is 3. The molecule has 2 bridgehead atoms. The summed E-state index contributed by atoms with van der Waals surface area (Å²) in [5.74, 6) is 10.1. The molecule has 3 aromatic rings. The molecule has 0 aromatic heterocycles. The molecule has 3 aromatic carbocycles. The fourth-order valence-electron chi connectivity index (χ4n) is 7.13. The number of aliphatic hydroxyl groups is 1. The van der Waals surface area contributed by atoms with Crippen LogP contribution in [-0.2, 0) is 10.3 Å². The minimum atomic E-state index is -1.39. The van der Waals surface area contributed by atoms with Gasteiger partial charge in [0.1, 0.15) is 17.4 Å². The van der Waals surface area contributed by atoms with Gasteiger partial charge < -0.3 is 30.9 Å². The molecule has 9 nitrogen and oxygen atoms in total. The SMILES string of the molecule is CC(C)C[C@@]12O[C@]13c1cc(O)c4c(c1N[C@H]2C#C/C=C\C#C[C@H]3O)C(=O)c1ccc(NC(=O)c2ccc(NC(C)C)cc2)cc1C4=O. The molecule has 47 heavy (non-hydrogen) atoms. The summed E-state index contributed by atoms with van der Waals surface area (Å²) in [5.41, 5.74) is -0.137. The third kappa shape index (κ3) is 4.62. The Hall–Kier alpha value is -5.35. The molecule has 2 aliphatic heterocycles. The average Bonchev–Trinajstić information content (AvgIpc) is 3.71. The lowest BCUT2D eigenvalue weighted by Gasteiger charge is -2.37. The number of phenolic OH excluding ortho intramolecular Hbond substituents is 1. The van der Waals surface area contributed by atoms with Gasteiger partial charge in [-0.15, -0.1) is 0 Å². The van der Waals surface area contributed by atoms with Crippen molar-refractivity contribution >= 4 is 34.5 Å². The predicted molar refractivity (Wildman–Crippen MR) is 178 cm³/mol. The van der Waals surface area contributed by atoms with Gasteiger partial charge in [0, 0.05) is 39.7 Å². The first-order valence-electron chi connectivity index (χ1n) is 15.6. The van der Waals surface area contributed by atoms with E-state index < -0.39 is 40.7 Å². The van der Waals surface area contributed by atoms with Gasteiger partial charge in [0.2, 0.25) is 0 Å². The minimum absolute atomic E-state index is 0.0167. The summed E-state index contributed by atoms with van der Waals surface area (Å²) in [6.45, 7) is 8.11. The summed E-state index contributed by atoms with van der Waals surface area (Å²) in [6.07, 6.45) is 2.34. The van der Waals surface area contributed by atoms with Crippen molar-refractivity contribution in [1.29, 1.82) is 0 Å². The van der Waals surface area contributed by atoms with Crippen LogP contribution in [0, 0.1) is 29.6 Å². The summed E-state index contributed by atoms with van der Waals surface area (Å²) < 4.78 is 6.49. The molecule has 1 fully saturated rings. The van der Waals surface area contributed by atoms with Gasteiger partial charge in [0.25, 0.3) is 5.91 Å². The Kier molecular flexibility index (Phi) is 7.02. The molecule has 2 aliphatic carbocycles.